The van der Waals surface area contributed by atoms with Crippen LogP contribution in [0.2, 0.25) is 0 Å². The minimum atomic E-state index is -0.695. The third-order valence-electron chi connectivity index (χ3n) is 6.71. The van der Waals surface area contributed by atoms with E-state index in [1.54, 1.807) is 19.2 Å². The average molecular weight is 515 g/mol. The molecule has 1 aliphatic heterocycles. The van der Waals surface area contributed by atoms with E-state index < -0.39 is 5.82 Å². The van der Waals surface area contributed by atoms with E-state index in [0.29, 0.717) is 36.0 Å². The Morgan fingerprint density at radius 3 is 2.82 bits per heavy atom. The van der Waals surface area contributed by atoms with Crippen LogP contribution in [0.5, 0.6) is 0 Å². The number of likely N-dealkylation sites (tertiary alicyclic amines) is 1. The summed E-state index contributed by atoms with van der Waals surface area (Å²) in [5.41, 5.74) is 15.3. The summed E-state index contributed by atoms with van der Waals surface area (Å²) in [6.45, 7) is 2.00. The summed E-state index contributed by atoms with van der Waals surface area (Å²) in [5, 5.41) is 17.1. The van der Waals surface area contributed by atoms with Gasteiger partial charge in [-0.3, -0.25) is 9.89 Å². The second kappa shape index (κ2) is 10.4. The van der Waals surface area contributed by atoms with E-state index >= 15 is 4.39 Å². The summed E-state index contributed by atoms with van der Waals surface area (Å²) in [6, 6.07) is 12.8. The Morgan fingerprint density at radius 2 is 2.05 bits per heavy atom. The first-order valence-electron chi connectivity index (χ1n) is 12.0. The van der Waals surface area contributed by atoms with Crippen molar-refractivity contribution in [2.75, 3.05) is 25.9 Å². The standard InChI is InChI=1S/C26H24F2N10/c1-32-25(35-31)17-8-9-37(14-17)13-16-5-3-7-20(27)19(16)10-22-34-23-11-21(33-26(30)38(23)36-22)18-6-2-4-15(12-29)24(18)28/h2-7,11,17,31H,8-10,13-14H2,1H3,(H2,30,33). The number of nitrogen functional groups attached to an aromatic ring is 1. The van der Waals surface area contributed by atoms with Gasteiger partial charge in [-0.05, 0) is 42.3 Å². The van der Waals surface area contributed by atoms with Gasteiger partial charge in [0.15, 0.2) is 11.5 Å². The molecule has 0 aliphatic carbocycles. The van der Waals surface area contributed by atoms with Crippen molar-refractivity contribution in [2.24, 2.45) is 16.0 Å². The number of aliphatic imine (C=N–C) groups is 1. The van der Waals surface area contributed by atoms with Crippen molar-refractivity contribution < 1.29 is 8.78 Å². The Morgan fingerprint density at radius 1 is 1.24 bits per heavy atom. The fraction of sp³-hybridized carbons (Fsp3) is 0.269. The molecule has 0 spiro atoms. The Hall–Kier alpha value is -4.63. The maximum atomic E-state index is 15.0. The Balaban J connectivity index is 1.43. The lowest BCUT2D eigenvalue weighted by Gasteiger charge is -2.18. The molecule has 1 fully saturated rings. The molecule has 12 heteroatoms. The number of hydrogen-bond acceptors (Lipinski definition) is 8. The van der Waals surface area contributed by atoms with Gasteiger partial charge in [0.2, 0.25) is 5.95 Å². The van der Waals surface area contributed by atoms with Crippen molar-refractivity contribution in [3.63, 3.8) is 0 Å². The molecule has 10 nitrogen and oxygen atoms in total. The highest BCUT2D eigenvalue weighted by Gasteiger charge is 2.27. The number of halogens is 2. The maximum Gasteiger partial charge on any atom is 0.223 e. The topological polar surface area (TPSA) is 145 Å². The van der Waals surface area contributed by atoms with Crippen LogP contribution in [0.15, 0.2) is 52.6 Å². The quantitative estimate of drug-likeness (QED) is 0.226. The highest BCUT2D eigenvalue weighted by Crippen LogP contribution is 2.27. The first-order valence-corrected chi connectivity index (χ1v) is 12.0. The molecule has 5 rings (SSSR count). The normalized spacial score (nSPS) is 16.2. The molecule has 2 aromatic carbocycles. The average Bonchev–Trinajstić information content (AvgIpc) is 3.54. The van der Waals surface area contributed by atoms with Gasteiger partial charge in [-0.25, -0.2) is 24.3 Å². The molecule has 1 atom stereocenters. The van der Waals surface area contributed by atoms with Crippen LogP contribution in [0, 0.1) is 34.4 Å². The number of nitriles is 1. The van der Waals surface area contributed by atoms with Gasteiger partial charge in [0.25, 0.3) is 0 Å². The molecule has 0 saturated carbocycles. The number of hydrogen-bond donors (Lipinski definition) is 2. The predicted octanol–water partition coefficient (Wildman–Crippen LogP) is 4.00. The maximum absolute atomic E-state index is 15.0. The molecule has 0 bridgehead atoms. The Kier molecular flexibility index (Phi) is 6.85. The number of aromatic nitrogens is 4. The molecule has 0 amide bonds. The fourth-order valence-electron chi connectivity index (χ4n) is 4.84. The van der Waals surface area contributed by atoms with Crippen LogP contribution >= 0.6 is 0 Å². The molecule has 3 N–H and O–H groups in total. The van der Waals surface area contributed by atoms with E-state index in [-0.39, 0.29) is 40.9 Å². The SMILES string of the molecule is CN=C(N=N)C1CCN(Cc2cccc(F)c2Cc2nc3cc(-c4cccc(C#N)c4F)nc(N)n3n2)C1. The van der Waals surface area contributed by atoms with Crippen LogP contribution in [0.1, 0.15) is 28.9 Å². The lowest BCUT2D eigenvalue weighted by atomic mass is 10.0. The van der Waals surface area contributed by atoms with Gasteiger partial charge in [0, 0.05) is 44.1 Å². The predicted molar refractivity (Wildman–Crippen MR) is 136 cm³/mol. The number of anilines is 1. The van der Waals surface area contributed by atoms with E-state index in [2.05, 4.69) is 30.1 Å². The smallest absolute Gasteiger partial charge is 0.223 e. The summed E-state index contributed by atoms with van der Waals surface area (Å²) < 4.78 is 31.1. The zero-order valence-corrected chi connectivity index (χ0v) is 20.6. The lowest BCUT2D eigenvalue weighted by Crippen LogP contribution is -2.23. The highest BCUT2D eigenvalue weighted by atomic mass is 19.1. The summed E-state index contributed by atoms with van der Waals surface area (Å²) >= 11 is 0. The first kappa shape index (κ1) is 25.0. The van der Waals surface area contributed by atoms with Crippen LogP contribution in [-0.4, -0.2) is 50.5 Å². The second-order valence-corrected chi connectivity index (χ2v) is 9.05. The largest absolute Gasteiger partial charge is 0.368 e. The van der Waals surface area contributed by atoms with E-state index in [4.69, 9.17) is 16.5 Å². The van der Waals surface area contributed by atoms with Crippen molar-refractivity contribution in [2.45, 2.75) is 19.4 Å². The monoisotopic (exact) mass is 514 g/mol. The Bertz CT molecular complexity index is 1600. The third-order valence-corrected chi connectivity index (χ3v) is 6.71. The number of amidine groups is 1. The number of nitrogens with two attached hydrogens (primary N) is 1. The molecular formula is C26H24F2N10. The number of fused-ring (bicyclic) bond motifs is 1. The second-order valence-electron chi connectivity index (χ2n) is 9.05. The van der Waals surface area contributed by atoms with Gasteiger partial charge in [-0.15, -0.1) is 10.2 Å². The zero-order chi connectivity index (χ0) is 26.8. The lowest BCUT2D eigenvalue weighted by molar-refractivity contribution is 0.324. The Labute approximate surface area is 217 Å². The molecule has 1 unspecified atom stereocenters. The van der Waals surface area contributed by atoms with Crippen LogP contribution in [0.3, 0.4) is 0 Å². The van der Waals surface area contributed by atoms with Gasteiger partial charge >= 0.3 is 0 Å². The first-order chi connectivity index (χ1) is 18.4. The van der Waals surface area contributed by atoms with Crippen molar-refractivity contribution in [1.29, 1.82) is 10.8 Å². The van der Waals surface area contributed by atoms with Crippen molar-refractivity contribution in [3.8, 4) is 17.3 Å². The van der Waals surface area contributed by atoms with Gasteiger partial charge in [-0.2, -0.15) is 9.78 Å². The van der Waals surface area contributed by atoms with E-state index in [9.17, 15) is 4.39 Å². The summed E-state index contributed by atoms with van der Waals surface area (Å²) in [6.07, 6.45) is 0.956. The van der Waals surface area contributed by atoms with Crippen molar-refractivity contribution >= 4 is 17.4 Å². The van der Waals surface area contributed by atoms with Gasteiger partial charge < -0.3 is 5.73 Å². The van der Waals surface area contributed by atoms with E-state index in [1.807, 2.05) is 12.1 Å². The number of nitrogens with zero attached hydrogens (tertiary/aromatic N) is 8. The fourth-order valence-corrected chi connectivity index (χ4v) is 4.84. The molecule has 3 heterocycles. The molecule has 4 aromatic rings. The van der Waals surface area contributed by atoms with E-state index in [0.717, 1.165) is 18.5 Å². The van der Waals surface area contributed by atoms with Gasteiger partial charge in [0.1, 0.15) is 23.5 Å². The molecule has 0 radical (unpaired) electrons. The van der Waals surface area contributed by atoms with Gasteiger partial charge in [0.05, 0.1) is 11.3 Å². The molecule has 1 saturated heterocycles. The van der Waals surface area contributed by atoms with Gasteiger partial charge in [-0.1, -0.05) is 18.2 Å². The number of benzene rings is 2. The van der Waals surface area contributed by atoms with Crippen molar-refractivity contribution in [3.05, 3.63) is 76.6 Å². The minimum Gasteiger partial charge on any atom is -0.368 e. The summed E-state index contributed by atoms with van der Waals surface area (Å²) in [5.74, 6) is -0.135. The third kappa shape index (κ3) is 4.71. The van der Waals surface area contributed by atoms with Crippen LogP contribution in [-0.2, 0) is 13.0 Å². The highest BCUT2D eigenvalue weighted by molar-refractivity contribution is 5.85. The van der Waals surface area contributed by atoms with Crippen LogP contribution < -0.4 is 5.73 Å². The molecule has 192 valence electrons. The zero-order valence-electron chi connectivity index (χ0n) is 20.6. The number of rotatable bonds is 6. The number of nitrogens with one attached hydrogen (secondary N) is 1. The van der Waals surface area contributed by atoms with Crippen LogP contribution in [0.4, 0.5) is 14.7 Å². The minimum absolute atomic E-state index is 0.0110. The summed E-state index contributed by atoms with van der Waals surface area (Å²) in [4.78, 5) is 15.0. The van der Waals surface area contributed by atoms with E-state index in [1.165, 1.54) is 28.8 Å². The van der Waals surface area contributed by atoms with Crippen molar-refractivity contribution in [1.82, 2.24) is 24.5 Å². The molecular weight excluding hydrogens is 490 g/mol. The molecule has 38 heavy (non-hydrogen) atoms. The summed E-state index contributed by atoms with van der Waals surface area (Å²) in [7, 11) is 1.63. The van der Waals surface area contributed by atoms with Crippen LogP contribution in [0.25, 0.3) is 16.9 Å². The molecule has 1 aliphatic rings. The molecule has 2 aromatic heterocycles.